The standard InChI is InChI=1S/C28H31F2N5O4/c1-28(2,3)39-27(38)33-11-8-23(36)17(16-33)13-24(37)20-15-31-35-12-9-25(32-26(20)35)34-10-4-5-22(34)19-14-18(29)6-7-21(19)30/h6-7,9,12,14-15,17,22H,4-5,8,10-11,13,16H2,1-3H3/t17?,22-/m1/s1. The molecule has 1 aromatic carbocycles. The lowest BCUT2D eigenvalue weighted by atomic mass is 9.90. The molecule has 11 heteroatoms. The maximum absolute atomic E-state index is 14.6. The third-order valence-corrected chi connectivity index (χ3v) is 7.13. The van der Waals surface area contributed by atoms with E-state index in [1.165, 1.54) is 21.7 Å². The number of hydrogen-bond acceptors (Lipinski definition) is 7. The van der Waals surface area contributed by atoms with Crippen LogP contribution in [0.3, 0.4) is 0 Å². The highest BCUT2D eigenvalue weighted by Crippen LogP contribution is 2.37. The van der Waals surface area contributed by atoms with Crippen LogP contribution in [-0.2, 0) is 9.53 Å². The number of Topliss-reactive ketones (excluding diaryl/α,β-unsaturated/α-hetero) is 2. The van der Waals surface area contributed by atoms with Crippen LogP contribution in [0.15, 0.2) is 36.7 Å². The highest BCUT2D eigenvalue weighted by atomic mass is 19.1. The first-order valence-corrected chi connectivity index (χ1v) is 13.1. The highest BCUT2D eigenvalue weighted by molar-refractivity contribution is 6.03. The largest absolute Gasteiger partial charge is 0.444 e. The summed E-state index contributed by atoms with van der Waals surface area (Å²) in [5.41, 5.74) is 0.172. The Morgan fingerprint density at radius 3 is 2.72 bits per heavy atom. The number of hydrogen-bond donors (Lipinski definition) is 0. The normalized spacial score (nSPS) is 20.1. The molecule has 2 atom stereocenters. The Bertz CT molecular complexity index is 1430. The molecule has 9 nitrogen and oxygen atoms in total. The molecule has 1 unspecified atom stereocenters. The zero-order valence-corrected chi connectivity index (χ0v) is 22.2. The molecule has 206 valence electrons. The van der Waals surface area contributed by atoms with Crippen molar-refractivity contribution in [1.82, 2.24) is 19.5 Å². The number of ether oxygens (including phenoxy) is 1. The van der Waals surface area contributed by atoms with Crippen molar-refractivity contribution in [3.8, 4) is 0 Å². The third-order valence-electron chi connectivity index (χ3n) is 7.13. The van der Waals surface area contributed by atoms with Gasteiger partial charge >= 0.3 is 6.09 Å². The van der Waals surface area contributed by atoms with Gasteiger partial charge in [0.2, 0.25) is 0 Å². The van der Waals surface area contributed by atoms with Gasteiger partial charge < -0.3 is 14.5 Å². The van der Waals surface area contributed by atoms with Crippen LogP contribution in [0.2, 0.25) is 0 Å². The smallest absolute Gasteiger partial charge is 0.410 e. The molecule has 2 aliphatic rings. The average Bonchev–Trinajstić information content (AvgIpc) is 3.52. The number of anilines is 1. The molecule has 0 radical (unpaired) electrons. The minimum absolute atomic E-state index is 0.0784. The van der Waals surface area contributed by atoms with E-state index < -0.39 is 35.3 Å². The van der Waals surface area contributed by atoms with Gasteiger partial charge in [-0.05, 0) is 57.9 Å². The molecule has 39 heavy (non-hydrogen) atoms. The van der Waals surface area contributed by atoms with Crippen molar-refractivity contribution in [3.05, 3.63) is 59.4 Å². The second-order valence-corrected chi connectivity index (χ2v) is 11.1. The van der Waals surface area contributed by atoms with Crippen LogP contribution in [0.1, 0.15) is 68.4 Å². The predicted molar refractivity (Wildman–Crippen MR) is 139 cm³/mol. The van der Waals surface area contributed by atoms with Crippen LogP contribution in [-0.4, -0.2) is 62.4 Å². The van der Waals surface area contributed by atoms with Crippen molar-refractivity contribution < 1.29 is 27.9 Å². The Balaban J connectivity index is 1.36. The number of likely N-dealkylation sites (tertiary alicyclic amines) is 1. The molecule has 4 heterocycles. The van der Waals surface area contributed by atoms with Crippen LogP contribution in [0, 0.1) is 17.6 Å². The quantitative estimate of drug-likeness (QED) is 0.432. The molecule has 1 amide bonds. The van der Waals surface area contributed by atoms with Crippen LogP contribution in [0.4, 0.5) is 19.4 Å². The molecule has 0 aliphatic carbocycles. The fourth-order valence-corrected chi connectivity index (χ4v) is 5.26. The molecule has 0 bridgehead atoms. The first-order valence-electron chi connectivity index (χ1n) is 13.1. The SMILES string of the molecule is CC(C)(C)OC(=O)N1CCC(=O)C(CC(=O)c2cnn3ccc(N4CCC[C@@H]4c4cc(F)ccc4F)nc23)C1. The minimum atomic E-state index is -0.668. The van der Waals surface area contributed by atoms with Gasteiger partial charge in [-0.3, -0.25) is 9.59 Å². The number of piperidine rings is 1. The van der Waals surface area contributed by atoms with Gasteiger partial charge in [0.25, 0.3) is 0 Å². The number of benzene rings is 1. The van der Waals surface area contributed by atoms with E-state index in [0.29, 0.717) is 24.4 Å². The van der Waals surface area contributed by atoms with E-state index in [-0.39, 0.29) is 48.6 Å². The van der Waals surface area contributed by atoms with Gasteiger partial charge in [-0.25, -0.2) is 23.1 Å². The number of amides is 1. The number of nitrogens with zero attached hydrogens (tertiary/aromatic N) is 5. The molecular formula is C28H31F2N5O4. The van der Waals surface area contributed by atoms with Crippen molar-refractivity contribution in [1.29, 1.82) is 0 Å². The van der Waals surface area contributed by atoms with Crippen LogP contribution >= 0.6 is 0 Å². The number of halogens is 2. The van der Waals surface area contributed by atoms with Crippen molar-refractivity contribution in [2.45, 2.75) is 58.1 Å². The van der Waals surface area contributed by atoms with Crippen LogP contribution < -0.4 is 4.90 Å². The molecule has 2 aromatic heterocycles. The highest BCUT2D eigenvalue weighted by Gasteiger charge is 2.35. The zero-order valence-electron chi connectivity index (χ0n) is 22.2. The molecular weight excluding hydrogens is 508 g/mol. The van der Waals surface area contributed by atoms with Gasteiger partial charge in [0, 0.05) is 50.2 Å². The Morgan fingerprint density at radius 1 is 1.15 bits per heavy atom. The molecule has 5 rings (SSSR count). The summed E-state index contributed by atoms with van der Waals surface area (Å²) in [4.78, 5) is 46.6. The first kappa shape index (κ1) is 26.7. The summed E-state index contributed by atoms with van der Waals surface area (Å²) in [6.45, 7) is 6.26. The van der Waals surface area contributed by atoms with E-state index in [4.69, 9.17) is 4.74 Å². The van der Waals surface area contributed by atoms with E-state index in [2.05, 4.69) is 10.1 Å². The molecule has 0 spiro atoms. The Hall–Kier alpha value is -3.89. The summed E-state index contributed by atoms with van der Waals surface area (Å²) < 4.78 is 35.4. The first-order chi connectivity index (χ1) is 18.5. The average molecular weight is 540 g/mol. The fourth-order valence-electron chi connectivity index (χ4n) is 5.26. The number of fused-ring (bicyclic) bond motifs is 1. The number of aromatic nitrogens is 3. The topological polar surface area (TPSA) is 97.1 Å². The molecule has 2 saturated heterocycles. The number of carbonyl (C=O) groups is 3. The molecule has 2 fully saturated rings. The molecule has 2 aliphatic heterocycles. The molecule has 0 N–H and O–H groups in total. The summed E-state index contributed by atoms with van der Waals surface area (Å²) in [5.74, 6) is -1.51. The lowest BCUT2D eigenvalue weighted by Gasteiger charge is -2.33. The Labute approximate surface area is 224 Å². The Morgan fingerprint density at radius 2 is 1.95 bits per heavy atom. The summed E-state index contributed by atoms with van der Waals surface area (Å²) >= 11 is 0. The van der Waals surface area contributed by atoms with E-state index >= 15 is 0 Å². The van der Waals surface area contributed by atoms with Crippen molar-refractivity contribution in [2.75, 3.05) is 24.5 Å². The summed E-state index contributed by atoms with van der Waals surface area (Å²) in [7, 11) is 0. The number of carbonyl (C=O) groups excluding carboxylic acids is 3. The lowest BCUT2D eigenvalue weighted by molar-refractivity contribution is -0.125. The zero-order chi connectivity index (χ0) is 27.9. The van der Waals surface area contributed by atoms with E-state index in [1.807, 2.05) is 4.90 Å². The van der Waals surface area contributed by atoms with E-state index in [0.717, 1.165) is 18.6 Å². The van der Waals surface area contributed by atoms with Gasteiger partial charge in [0.05, 0.1) is 17.8 Å². The van der Waals surface area contributed by atoms with E-state index in [1.54, 1.807) is 33.0 Å². The number of ketones is 2. The van der Waals surface area contributed by atoms with Crippen molar-refractivity contribution >= 4 is 29.1 Å². The van der Waals surface area contributed by atoms with Crippen molar-refractivity contribution in [3.63, 3.8) is 0 Å². The molecule has 3 aromatic rings. The summed E-state index contributed by atoms with van der Waals surface area (Å²) in [6, 6.07) is 4.77. The van der Waals surface area contributed by atoms with E-state index in [9.17, 15) is 23.2 Å². The summed E-state index contributed by atoms with van der Waals surface area (Å²) in [5, 5.41) is 4.24. The van der Waals surface area contributed by atoms with Gasteiger partial charge in [0.15, 0.2) is 11.4 Å². The summed E-state index contributed by atoms with van der Waals surface area (Å²) in [6.07, 6.45) is 4.05. The van der Waals surface area contributed by atoms with Crippen molar-refractivity contribution in [2.24, 2.45) is 5.92 Å². The van der Waals surface area contributed by atoms with Gasteiger partial charge in [-0.1, -0.05) is 0 Å². The maximum atomic E-state index is 14.6. The van der Waals surface area contributed by atoms with Gasteiger partial charge in [-0.2, -0.15) is 5.10 Å². The fraction of sp³-hybridized carbons (Fsp3) is 0.464. The lowest BCUT2D eigenvalue weighted by Crippen LogP contribution is -2.46. The monoisotopic (exact) mass is 539 g/mol. The second-order valence-electron chi connectivity index (χ2n) is 11.1. The second kappa shape index (κ2) is 10.3. The minimum Gasteiger partial charge on any atom is -0.444 e. The predicted octanol–water partition coefficient (Wildman–Crippen LogP) is 4.75. The van der Waals surface area contributed by atoms with Gasteiger partial charge in [0.1, 0.15) is 28.8 Å². The Kier molecular flexibility index (Phi) is 7.09. The maximum Gasteiger partial charge on any atom is 0.410 e. The van der Waals surface area contributed by atoms with Crippen LogP contribution in [0.5, 0.6) is 0 Å². The number of rotatable bonds is 5. The third kappa shape index (κ3) is 5.62. The molecule has 0 saturated carbocycles. The van der Waals surface area contributed by atoms with Crippen LogP contribution in [0.25, 0.3) is 5.65 Å². The van der Waals surface area contributed by atoms with Gasteiger partial charge in [-0.15, -0.1) is 0 Å².